The van der Waals surface area contributed by atoms with Crippen molar-refractivity contribution in [1.82, 2.24) is 4.90 Å². The summed E-state index contributed by atoms with van der Waals surface area (Å²) in [6.07, 6.45) is 1.00. The molecule has 2 unspecified atom stereocenters. The van der Waals surface area contributed by atoms with Crippen molar-refractivity contribution in [2.75, 3.05) is 26.4 Å². The molecule has 6 heteroatoms. The van der Waals surface area contributed by atoms with Crippen LogP contribution in [-0.4, -0.2) is 59.9 Å². The minimum absolute atomic E-state index is 0.217. The predicted molar refractivity (Wildman–Crippen MR) is 62.2 cm³/mol. The molecule has 2 rings (SSSR count). The Balaban J connectivity index is 2.15. The molecule has 2 aliphatic heterocycles. The summed E-state index contributed by atoms with van der Waals surface area (Å²) in [6, 6.07) is 0. The third kappa shape index (κ3) is 2.10. The van der Waals surface area contributed by atoms with Crippen molar-refractivity contribution in [3.8, 4) is 0 Å². The summed E-state index contributed by atoms with van der Waals surface area (Å²) in [4.78, 5) is 25.3. The number of nitrogens with zero attached hydrogens (tertiary/aromatic N) is 1. The lowest BCUT2D eigenvalue weighted by atomic mass is 9.92. The second-order valence-electron chi connectivity index (χ2n) is 4.72. The van der Waals surface area contributed by atoms with Gasteiger partial charge in [0.05, 0.1) is 19.8 Å². The number of carboxylic acids is 1. The molecule has 0 bridgehead atoms. The first-order valence-corrected chi connectivity index (χ1v) is 6.36. The lowest BCUT2D eigenvalue weighted by molar-refractivity contribution is -0.170. The Hall–Kier alpha value is -1.14. The van der Waals surface area contributed by atoms with Crippen LogP contribution in [0.2, 0.25) is 0 Å². The van der Waals surface area contributed by atoms with Crippen molar-refractivity contribution in [3.05, 3.63) is 0 Å². The maximum atomic E-state index is 12.3. The lowest BCUT2D eigenvalue weighted by Gasteiger charge is -2.36. The lowest BCUT2D eigenvalue weighted by Crippen LogP contribution is -2.57. The topological polar surface area (TPSA) is 76.1 Å². The van der Waals surface area contributed by atoms with Gasteiger partial charge in [0.15, 0.2) is 6.10 Å². The predicted octanol–water partition coefficient (Wildman–Crippen LogP) is 0.258. The summed E-state index contributed by atoms with van der Waals surface area (Å²) in [5.74, 6) is -1.18. The van der Waals surface area contributed by atoms with E-state index in [0.29, 0.717) is 32.6 Å². The van der Waals surface area contributed by atoms with Gasteiger partial charge >= 0.3 is 5.97 Å². The average molecular weight is 257 g/mol. The van der Waals surface area contributed by atoms with E-state index in [1.54, 1.807) is 6.92 Å². The van der Waals surface area contributed by atoms with Crippen LogP contribution in [0.5, 0.6) is 0 Å². The first kappa shape index (κ1) is 13.3. The van der Waals surface area contributed by atoms with Gasteiger partial charge in [0.1, 0.15) is 5.54 Å². The Morgan fingerprint density at radius 1 is 1.44 bits per heavy atom. The molecule has 0 aromatic carbocycles. The van der Waals surface area contributed by atoms with Crippen LogP contribution in [0.25, 0.3) is 0 Å². The highest BCUT2D eigenvalue weighted by atomic mass is 16.6. The molecule has 2 fully saturated rings. The Bertz CT molecular complexity index is 339. The number of carbonyl (C=O) groups is 2. The average Bonchev–Trinajstić information content (AvgIpc) is 2.84. The van der Waals surface area contributed by atoms with Gasteiger partial charge in [-0.15, -0.1) is 0 Å². The van der Waals surface area contributed by atoms with Gasteiger partial charge < -0.3 is 19.5 Å². The zero-order chi connectivity index (χ0) is 13.2. The van der Waals surface area contributed by atoms with E-state index in [2.05, 4.69) is 0 Å². The second-order valence-corrected chi connectivity index (χ2v) is 4.72. The molecule has 2 heterocycles. The van der Waals surface area contributed by atoms with Gasteiger partial charge in [0.2, 0.25) is 0 Å². The van der Waals surface area contributed by atoms with E-state index in [-0.39, 0.29) is 12.5 Å². The van der Waals surface area contributed by atoms with E-state index in [4.69, 9.17) is 9.47 Å². The zero-order valence-electron chi connectivity index (χ0n) is 10.6. The minimum atomic E-state index is -1.06. The fourth-order valence-electron chi connectivity index (χ4n) is 2.75. The van der Waals surface area contributed by atoms with Crippen molar-refractivity contribution in [3.63, 3.8) is 0 Å². The van der Waals surface area contributed by atoms with Crippen LogP contribution in [0.4, 0.5) is 0 Å². The van der Waals surface area contributed by atoms with Crippen molar-refractivity contribution >= 4 is 11.9 Å². The molecular formula is C12H19NO5. The SMILES string of the molecule is CCC1(C(=O)O)CCCN1C(=O)C1COCCO1. The summed E-state index contributed by atoms with van der Waals surface area (Å²) in [5, 5.41) is 9.42. The monoisotopic (exact) mass is 257 g/mol. The van der Waals surface area contributed by atoms with Crippen molar-refractivity contribution in [2.45, 2.75) is 37.8 Å². The normalized spacial score (nSPS) is 32.5. The molecule has 6 nitrogen and oxygen atoms in total. The first-order valence-electron chi connectivity index (χ1n) is 6.36. The number of ether oxygens (including phenoxy) is 2. The van der Waals surface area contributed by atoms with E-state index in [0.717, 1.165) is 6.42 Å². The summed E-state index contributed by atoms with van der Waals surface area (Å²) in [5.41, 5.74) is -1.06. The molecule has 1 N–H and O–H groups in total. The summed E-state index contributed by atoms with van der Waals surface area (Å²) in [6.45, 7) is 3.38. The maximum Gasteiger partial charge on any atom is 0.329 e. The zero-order valence-corrected chi connectivity index (χ0v) is 10.6. The molecule has 0 aliphatic carbocycles. The van der Waals surface area contributed by atoms with Crippen molar-refractivity contribution in [2.24, 2.45) is 0 Å². The molecule has 0 aromatic rings. The quantitative estimate of drug-likeness (QED) is 0.784. The van der Waals surface area contributed by atoms with Crippen LogP contribution < -0.4 is 0 Å². The van der Waals surface area contributed by atoms with E-state index >= 15 is 0 Å². The molecule has 1 amide bonds. The fraction of sp³-hybridized carbons (Fsp3) is 0.833. The molecule has 0 spiro atoms. The molecular weight excluding hydrogens is 238 g/mol. The first-order chi connectivity index (χ1) is 8.62. The van der Waals surface area contributed by atoms with Crippen LogP contribution in [-0.2, 0) is 19.1 Å². The number of hydrogen-bond donors (Lipinski definition) is 1. The molecule has 0 saturated carbocycles. The molecule has 2 atom stereocenters. The Labute approximate surface area is 106 Å². The minimum Gasteiger partial charge on any atom is -0.479 e. The highest BCUT2D eigenvalue weighted by Gasteiger charge is 2.50. The van der Waals surface area contributed by atoms with Gasteiger partial charge in [-0.05, 0) is 19.3 Å². The Morgan fingerprint density at radius 2 is 2.22 bits per heavy atom. The number of rotatable bonds is 3. The van der Waals surface area contributed by atoms with Gasteiger partial charge in [0, 0.05) is 6.54 Å². The highest BCUT2D eigenvalue weighted by molar-refractivity contribution is 5.90. The fourth-order valence-corrected chi connectivity index (χ4v) is 2.75. The molecule has 102 valence electrons. The second kappa shape index (κ2) is 5.24. The molecule has 0 aromatic heterocycles. The van der Waals surface area contributed by atoms with Gasteiger partial charge in [-0.1, -0.05) is 6.92 Å². The van der Waals surface area contributed by atoms with Gasteiger partial charge in [-0.2, -0.15) is 0 Å². The number of carbonyl (C=O) groups excluding carboxylic acids is 1. The van der Waals surface area contributed by atoms with E-state index in [1.807, 2.05) is 0 Å². The summed E-state index contributed by atoms with van der Waals surface area (Å²) in [7, 11) is 0. The largest absolute Gasteiger partial charge is 0.479 e. The Morgan fingerprint density at radius 3 is 2.78 bits per heavy atom. The highest BCUT2D eigenvalue weighted by Crippen LogP contribution is 2.33. The number of hydrogen-bond acceptors (Lipinski definition) is 4. The van der Waals surface area contributed by atoms with Crippen LogP contribution in [0, 0.1) is 0 Å². The summed E-state index contributed by atoms with van der Waals surface area (Å²) < 4.78 is 10.6. The standard InChI is InChI=1S/C12H19NO5/c1-2-12(11(15)16)4-3-5-13(12)10(14)9-8-17-6-7-18-9/h9H,2-8H2,1H3,(H,15,16). The van der Waals surface area contributed by atoms with Crippen LogP contribution in [0.1, 0.15) is 26.2 Å². The van der Waals surface area contributed by atoms with Crippen LogP contribution in [0.15, 0.2) is 0 Å². The number of amides is 1. The van der Waals surface area contributed by atoms with E-state index < -0.39 is 17.6 Å². The molecule has 0 radical (unpaired) electrons. The van der Waals surface area contributed by atoms with Crippen molar-refractivity contribution in [1.29, 1.82) is 0 Å². The van der Waals surface area contributed by atoms with Gasteiger partial charge in [-0.25, -0.2) is 4.79 Å². The van der Waals surface area contributed by atoms with Gasteiger partial charge in [-0.3, -0.25) is 4.79 Å². The molecule has 2 saturated heterocycles. The summed E-state index contributed by atoms with van der Waals surface area (Å²) >= 11 is 0. The van der Waals surface area contributed by atoms with Gasteiger partial charge in [0.25, 0.3) is 5.91 Å². The Kier molecular flexibility index (Phi) is 3.87. The van der Waals surface area contributed by atoms with Crippen LogP contribution in [0.3, 0.4) is 0 Å². The number of likely N-dealkylation sites (tertiary alicyclic amines) is 1. The van der Waals surface area contributed by atoms with Crippen molar-refractivity contribution < 1.29 is 24.2 Å². The maximum absolute atomic E-state index is 12.3. The smallest absolute Gasteiger partial charge is 0.329 e. The van der Waals surface area contributed by atoms with E-state index in [9.17, 15) is 14.7 Å². The third-order valence-electron chi connectivity index (χ3n) is 3.83. The number of aliphatic carboxylic acids is 1. The van der Waals surface area contributed by atoms with Crippen LogP contribution >= 0.6 is 0 Å². The molecule has 18 heavy (non-hydrogen) atoms. The molecule has 2 aliphatic rings. The van der Waals surface area contributed by atoms with E-state index in [1.165, 1.54) is 4.90 Å². The third-order valence-corrected chi connectivity index (χ3v) is 3.83. The number of carboxylic acid groups (broad SMARTS) is 1.